The summed E-state index contributed by atoms with van der Waals surface area (Å²) in [5, 5.41) is 3.07. The molecule has 0 bridgehead atoms. The number of rotatable bonds is 64. The highest BCUT2D eigenvalue weighted by Gasteiger charge is 2.30. The van der Waals surface area contributed by atoms with Gasteiger partial charge >= 0.3 is 13.8 Å². The summed E-state index contributed by atoms with van der Waals surface area (Å²) >= 11 is 0. The van der Waals surface area contributed by atoms with E-state index in [0.717, 1.165) is 57.8 Å². The number of likely N-dealkylation sites (N-methyl/N-ethyl adjacent to an activating group) is 1. The van der Waals surface area contributed by atoms with E-state index in [0.29, 0.717) is 23.9 Å². The molecule has 9 nitrogen and oxygen atoms in total. The van der Waals surface area contributed by atoms with Crippen LogP contribution in [-0.4, -0.2) is 74.3 Å². The summed E-state index contributed by atoms with van der Waals surface area (Å²) in [5.74, 6) is -0.481. The van der Waals surface area contributed by atoms with Gasteiger partial charge in [-0.1, -0.05) is 329 Å². The lowest BCUT2D eigenvalue weighted by Gasteiger charge is -2.27. The predicted molar refractivity (Wildman–Crippen MR) is 337 cm³/mol. The Morgan fingerprint density at radius 1 is 0.436 bits per heavy atom. The average molecular weight is 1120 g/mol. The molecule has 3 atom stereocenters. The molecule has 0 heterocycles. The summed E-state index contributed by atoms with van der Waals surface area (Å²) in [6, 6.07) is -0.839. The number of allylic oxidation sites excluding steroid dienone is 1. The molecule has 0 saturated carbocycles. The fourth-order valence-corrected chi connectivity index (χ4v) is 11.4. The third-order valence-corrected chi connectivity index (χ3v) is 17.0. The number of nitrogens with one attached hydrogen (secondary N) is 1. The van der Waals surface area contributed by atoms with Crippen LogP contribution < -0.4 is 5.32 Å². The lowest BCUT2D eigenvalue weighted by Crippen LogP contribution is -2.47. The lowest BCUT2D eigenvalue weighted by atomic mass is 10.0. The largest absolute Gasteiger partial charge is 0.472 e. The number of amides is 1. The molecular weight excluding hydrogens is 988 g/mol. The third kappa shape index (κ3) is 59.4. The molecule has 0 aromatic carbocycles. The van der Waals surface area contributed by atoms with E-state index in [1.807, 2.05) is 33.3 Å². The highest BCUT2D eigenvalue weighted by atomic mass is 31.2. The van der Waals surface area contributed by atoms with Gasteiger partial charge in [-0.25, -0.2) is 4.57 Å². The van der Waals surface area contributed by atoms with Crippen LogP contribution in [0.4, 0.5) is 0 Å². The van der Waals surface area contributed by atoms with Gasteiger partial charge in [0.05, 0.1) is 33.8 Å². The molecule has 0 saturated heterocycles. The Morgan fingerprint density at radius 3 is 1.05 bits per heavy atom. The van der Waals surface area contributed by atoms with E-state index in [1.165, 1.54) is 270 Å². The van der Waals surface area contributed by atoms with E-state index in [4.69, 9.17) is 13.8 Å². The van der Waals surface area contributed by atoms with Gasteiger partial charge in [-0.2, -0.15) is 0 Å². The number of ether oxygens (including phenoxy) is 1. The van der Waals surface area contributed by atoms with Crippen molar-refractivity contribution in [2.75, 3.05) is 40.9 Å². The van der Waals surface area contributed by atoms with Crippen molar-refractivity contribution in [1.29, 1.82) is 0 Å². The molecule has 0 aromatic heterocycles. The highest BCUT2D eigenvalue weighted by Crippen LogP contribution is 2.43. The van der Waals surface area contributed by atoms with Gasteiger partial charge in [-0.3, -0.25) is 18.6 Å². The molecule has 3 unspecified atom stereocenters. The molecule has 10 heteroatoms. The number of hydrogen-bond donors (Lipinski definition) is 2. The fraction of sp³-hybridized carbons (Fsp3) is 0.941. The van der Waals surface area contributed by atoms with Gasteiger partial charge in [0.15, 0.2) is 0 Å². The summed E-state index contributed by atoms with van der Waals surface area (Å²) in [5.41, 5.74) is 0. The Balaban J connectivity index is 4.90. The number of phosphoric ester groups is 1. The predicted octanol–water partition coefficient (Wildman–Crippen LogP) is 21.5. The summed E-state index contributed by atoms with van der Waals surface area (Å²) < 4.78 is 30.7. The van der Waals surface area contributed by atoms with Crippen molar-refractivity contribution in [3.63, 3.8) is 0 Å². The van der Waals surface area contributed by atoms with E-state index in [2.05, 4.69) is 26.1 Å². The standard InChI is InChI=1S/C68H135N2O7P/c1-7-10-13-16-19-22-25-27-29-30-31-32-33-34-35-36-37-38-39-40-41-43-46-49-52-55-58-61-68(72)77-66(59-56-53-50-47-44-24-21-18-15-12-9-3)65(64-76-78(73,74)75-63-62-70(4,5)6)69-67(71)60-57-54-51-48-45-42-28-26-23-20-17-14-11-8-2/h56,59,65-66H,7-55,57-58,60-64H2,1-6H3,(H-,69,71,73,74)/p+1/b59-56-. The molecule has 2 N–H and O–H groups in total. The molecule has 0 rings (SSSR count). The van der Waals surface area contributed by atoms with Crippen LogP contribution in [0.1, 0.15) is 361 Å². The van der Waals surface area contributed by atoms with E-state index < -0.39 is 20.0 Å². The lowest BCUT2D eigenvalue weighted by molar-refractivity contribution is -0.870. The number of quaternary nitrogens is 1. The van der Waals surface area contributed by atoms with Gasteiger partial charge in [-0.05, 0) is 31.8 Å². The molecule has 464 valence electrons. The van der Waals surface area contributed by atoms with Crippen LogP contribution >= 0.6 is 7.82 Å². The molecule has 1 amide bonds. The number of carbonyl (C=O) groups is 2. The van der Waals surface area contributed by atoms with Crippen LogP contribution in [0.15, 0.2) is 12.2 Å². The van der Waals surface area contributed by atoms with Crippen LogP contribution in [0.25, 0.3) is 0 Å². The third-order valence-electron chi connectivity index (χ3n) is 16.0. The quantitative estimate of drug-likeness (QED) is 0.0205. The van der Waals surface area contributed by atoms with Crippen LogP contribution in [0.5, 0.6) is 0 Å². The molecule has 0 aromatic rings. The fourth-order valence-electron chi connectivity index (χ4n) is 10.7. The van der Waals surface area contributed by atoms with Crippen molar-refractivity contribution < 1.29 is 37.3 Å². The Bertz CT molecular complexity index is 1340. The Hall–Kier alpha value is -1.25. The van der Waals surface area contributed by atoms with Crippen molar-refractivity contribution in [3.8, 4) is 0 Å². The van der Waals surface area contributed by atoms with Gasteiger partial charge < -0.3 is 19.4 Å². The van der Waals surface area contributed by atoms with Crippen molar-refractivity contribution in [2.45, 2.75) is 373 Å². The Kier molecular flexibility index (Phi) is 58.0. The van der Waals surface area contributed by atoms with Crippen molar-refractivity contribution in [2.24, 2.45) is 0 Å². The van der Waals surface area contributed by atoms with Crippen LogP contribution in [0, 0.1) is 0 Å². The number of hydrogen-bond acceptors (Lipinski definition) is 6. The second-order valence-electron chi connectivity index (χ2n) is 25.1. The SMILES string of the molecule is CCCCCCCCCCC/C=C\C(OC(=O)CCCCCCCCCCCCCCCCCCCCCCCCCCCCC)C(COP(=O)(O)OCC[N+](C)(C)C)NC(=O)CCCCCCCCCCCCCCCC. The molecular formula is C68H136N2O7P+. The zero-order valence-electron chi connectivity index (χ0n) is 53.2. The summed E-state index contributed by atoms with van der Waals surface area (Å²) in [7, 11) is 1.52. The number of unbranched alkanes of at least 4 members (excludes halogenated alkanes) is 48. The molecule has 0 aliphatic heterocycles. The average Bonchev–Trinajstić information content (AvgIpc) is 3.40. The smallest absolute Gasteiger partial charge is 0.456 e. The van der Waals surface area contributed by atoms with E-state index in [1.54, 1.807) is 0 Å². The van der Waals surface area contributed by atoms with E-state index in [9.17, 15) is 19.0 Å². The zero-order valence-corrected chi connectivity index (χ0v) is 54.1. The first-order chi connectivity index (χ1) is 37.9. The molecule has 0 fully saturated rings. The van der Waals surface area contributed by atoms with Crippen LogP contribution in [-0.2, 0) is 27.9 Å². The minimum Gasteiger partial charge on any atom is -0.456 e. The molecule has 0 radical (unpaired) electrons. The molecule has 78 heavy (non-hydrogen) atoms. The number of carbonyl (C=O) groups excluding carboxylic acids is 2. The zero-order chi connectivity index (χ0) is 57.2. The topological polar surface area (TPSA) is 111 Å². The number of esters is 1. The maximum Gasteiger partial charge on any atom is 0.472 e. The Labute approximate surface area is 486 Å². The van der Waals surface area contributed by atoms with Gasteiger partial charge in [0, 0.05) is 12.8 Å². The van der Waals surface area contributed by atoms with Gasteiger partial charge in [0.1, 0.15) is 19.3 Å². The van der Waals surface area contributed by atoms with Gasteiger partial charge in [0.25, 0.3) is 0 Å². The minimum absolute atomic E-state index is 0.0458. The normalized spacial score (nSPS) is 13.6. The maximum atomic E-state index is 13.5. The van der Waals surface area contributed by atoms with Gasteiger partial charge in [0.2, 0.25) is 5.91 Å². The molecule has 0 aliphatic rings. The highest BCUT2D eigenvalue weighted by molar-refractivity contribution is 7.47. The number of phosphoric acid groups is 1. The number of nitrogens with zero attached hydrogens (tertiary/aromatic N) is 1. The first kappa shape index (κ1) is 76.8. The second-order valence-corrected chi connectivity index (χ2v) is 26.5. The summed E-state index contributed by atoms with van der Waals surface area (Å²) in [4.78, 5) is 37.7. The van der Waals surface area contributed by atoms with E-state index >= 15 is 0 Å². The molecule has 0 aliphatic carbocycles. The van der Waals surface area contributed by atoms with E-state index in [-0.39, 0.29) is 25.1 Å². The minimum atomic E-state index is -4.44. The molecule has 0 spiro atoms. The first-order valence-corrected chi connectivity index (χ1v) is 36.0. The van der Waals surface area contributed by atoms with Gasteiger partial charge in [-0.15, -0.1) is 0 Å². The van der Waals surface area contributed by atoms with Crippen molar-refractivity contribution in [1.82, 2.24) is 5.32 Å². The maximum absolute atomic E-state index is 13.5. The second kappa shape index (κ2) is 58.9. The summed E-state index contributed by atoms with van der Waals surface area (Å²) in [6.07, 6.45) is 69.5. The van der Waals surface area contributed by atoms with Crippen LogP contribution in [0.3, 0.4) is 0 Å². The first-order valence-electron chi connectivity index (χ1n) is 34.5. The van der Waals surface area contributed by atoms with Crippen molar-refractivity contribution >= 4 is 19.7 Å². The Morgan fingerprint density at radius 2 is 0.731 bits per heavy atom. The van der Waals surface area contributed by atoms with Crippen LogP contribution in [0.2, 0.25) is 0 Å². The van der Waals surface area contributed by atoms with Crippen molar-refractivity contribution in [3.05, 3.63) is 12.2 Å². The summed E-state index contributed by atoms with van der Waals surface area (Å²) in [6.45, 7) is 7.07. The monoisotopic (exact) mass is 1120 g/mol.